The minimum absolute atomic E-state index is 0.0631. The summed E-state index contributed by atoms with van der Waals surface area (Å²) in [5, 5.41) is -0.532. The monoisotopic (exact) mass is 214 g/mol. The van der Waals surface area contributed by atoms with Crippen molar-refractivity contribution in [2.24, 2.45) is 0 Å². The summed E-state index contributed by atoms with van der Waals surface area (Å²) in [6.45, 7) is 2.12. The van der Waals surface area contributed by atoms with Crippen LogP contribution < -0.4 is 0 Å². The molecule has 3 nitrogen and oxygen atoms in total. The van der Waals surface area contributed by atoms with E-state index in [1.165, 1.54) is 18.2 Å². The standard InChI is InChI=1S/C10H14O3S/c1-2-13-9(12)8-7(11)6-10(14-8)4-3-5-10/h8H,2-6H2,1H3/t8-/m1/s1. The van der Waals surface area contributed by atoms with Gasteiger partial charge < -0.3 is 4.74 Å². The third kappa shape index (κ3) is 1.56. The molecular weight excluding hydrogens is 200 g/mol. The van der Waals surface area contributed by atoms with Crippen molar-refractivity contribution in [3.63, 3.8) is 0 Å². The molecule has 0 N–H and O–H groups in total. The predicted octanol–water partition coefficient (Wildman–Crippen LogP) is 1.55. The molecule has 1 aliphatic heterocycles. The molecule has 2 fully saturated rings. The van der Waals surface area contributed by atoms with E-state index in [2.05, 4.69) is 0 Å². The minimum atomic E-state index is -0.532. The topological polar surface area (TPSA) is 43.4 Å². The van der Waals surface area contributed by atoms with Gasteiger partial charge in [-0.3, -0.25) is 9.59 Å². The third-order valence-corrected chi connectivity index (χ3v) is 4.67. The molecule has 0 amide bonds. The number of Topliss-reactive ketones (excluding diaryl/α,β-unsaturated/α-hetero) is 1. The first-order valence-corrected chi connectivity index (χ1v) is 5.92. The van der Waals surface area contributed by atoms with E-state index in [0.717, 1.165) is 12.8 Å². The summed E-state index contributed by atoms with van der Waals surface area (Å²) in [6.07, 6.45) is 3.93. The van der Waals surface area contributed by atoms with Gasteiger partial charge in [0.15, 0.2) is 11.0 Å². The van der Waals surface area contributed by atoms with Gasteiger partial charge >= 0.3 is 5.97 Å². The van der Waals surface area contributed by atoms with Gasteiger partial charge in [-0.05, 0) is 19.8 Å². The van der Waals surface area contributed by atoms with Crippen molar-refractivity contribution in [2.45, 2.75) is 42.6 Å². The number of rotatable bonds is 2. The van der Waals surface area contributed by atoms with Gasteiger partial charge in [-0.15, -0.1) is 11.8 Å². The molecule has 14 heavy (non-hydrogen) atoms. The van der Waals surface area contributed by atoms with Crippen LogP contribution in [-0.4, -0.2) is 28.4 Å². The lowest BCUT2D eigenvalue weighted by Gasteiger charge is -2.36. The number of carbonyl (C=O) groups is 2. The Hall–Kier alpha value is -0.510. The predicted molar refractivity (Wildman–Crippen MR) is 54.2 cm³/mol. The molecular formula is C10H14O3S. The van der Waals surface area contributed by atoms with Crippen molar-refractivity contribution < 1.29 is 14.3 Å². The maximum Gasteiger partial charge on any atom is 0.326 e. The molecule has 1 saturated carbocycles. The number of hydrogen-bond donors (Lipinski definition) is 0. The Morgan fingerprint density at radius 1 is 1.64 bits per heavy atom. The first kappa shape index (κ1) is 10.0. The van der Waals surface area contributed by atoms with E-state index in [0.29, 0.717) is 13.0 Å². The third-order valence-electron chi connectivity index (χ3n) is 2.92. The largest absolute Gasteiger partial charge is 0.465 e. The highest BCUT2D eigenvalue weighted by atomic mass is 32.2. The van der Waals surface area contributed by atoms with Crippen molar-refractivity contribution in [1.82, 2.24) is 0 Å². The van der Waals surface area contributed by atoms with Crippen molar-refractivity contribution in [1.29, 1.82) is 0 Å². The molecule has 1 spiro atoms. The van der Waals surface area contributed by atoms with Crippen molar-refractivity contribution in [3.8, 4) is 0 Å². The Balaban J connectivity index is 2.00. The van der Waals surface area contributed by atoms with E-state index in [-0.39, 0.29) is 16.5 Å². The van der Waals surface area contributed by atoms with Crippen LogP contribution in [0.4, 0.5) is 0 Å². The summed E-state index contributed by atoms with van der Waals surface area (Å²) in [4.78, 5) is 23.0. The molecule has 0 aromatic rings. The van der Waals surface area contributed by atoms with Crippen LogP contribution in [0.5, 0.6) is 0 Å². The zero-order valence-corrected chi connectivity index (χ0v) is 9.06. The number of thioether (sulfide) groups is 1. The maximum atomic E-state index is 11.6. The van der Waals surface area contributed by atoms with Crippen LogP contribution in [0.25, 0.3) is 0 Å². The molecule has 78 valence electrons. The first-order chi connectivity index (χ1) is 6.67. The van der Waals surface area contributed by atoms with Gasteiger partial charge in [-0.2, -0.15) is 0 Å². The zero-order valence-electron chi connectivity index (χ0n) is 8.25. The summed E-state index contributed by atoms with van der Waals surface area (Å²) in [5.74, 6) is -0.278. The quantitative estimate of drug-likeness (QED) is 0.516. The summed E-state index contributed by atoms with van der Waals surface area (Å²) in [5.41, 5.74) is 0. The fraction of sp³-hybridized carbons (Fsp3) is 0.800. The molecule has 1 aliphatic carbocycles. The second kappa shape index (κ2) is 3.57. The van der Waals surface area contributed by atoms with E-state index in [1.807, 2.05) is 0 Å². The van der Waals surface area contributed by atoms with Gasteiger partial charge in [0, 0.05) is 11.2 Å². The van der Waals surface area contributed by atoms with E-state index in [1.54, 1.807) is 6.92 Å². The molecule has 0 bridgehead atoms. The lowest BCUT2D eigenvalue weighted by Crippen LogP contribution is -2.30. The Morgan fingerprint density at radius 2 is 2.36 bits per heavy atom. The van der Waals surface area contributed by atoms with Crippen LogP contribution in [0.15, 0.2) is 0 Å². The van der Waals surface area contributed by atoms with Gasteiger partial charge in [-0.1, -0.05) is 6.42 Å². The van der Waals surface area contributed by atoms with Crippen LogP contribution in [0.1, 0.15) is 32.6 Å². The van der Waals surface area contributed by atoms with Crippen LogP contribution >= 0.6 is 11.8 Å². The van der Waals surface area contributed by atoms with Crippen LogP contribution in [0.2, 0.25) is 0 Å². The zero-order chi connectivity index (χ0) is 10.2. The molecule has 0 aromatic carbocycles. The molecule has 0 unspecified atom stereocenters. The number of ketones is 1. The van der Waals surface area contributed by atoms with E-state index >= 15 is 0 Å². The number of carbonyl (C=O) groups excluding carboxylic acids is 2. The van der Waals surface area contributed by atoms with Crippen LogP contribution in [0, 0.1) is 0 Å². The van der Waals surface area contributed by atoms with Gasteiger partial charge in [0.25, 0.3) is 0 Å². The smallest absolute Gasteiger partial charge is 0.326 e. The fourth-order valence-corrected chi connectivity index (χ4v) is 3.66. The molecule has 0 aromatic heterocycles. The van der Waals surface area contributed by atoms with Crippen molar-refractivity contribution in [3.05, 3.63) is 0 Å². The Kier molecular flexibility index (Phi) is 2.56. The van der Waals surface area contributed by atoms with Gasteiger partial charge in [0.2, 0.25) is 0 Å². The molecule has 2 aliphatic rings. The highest BCUT2D eigenvalue weighted by molar-refractivity contribution is 8.03. The normalized spacial score (nSPS) is 28.9. The molecule has 2 rings (SSSR count). The molecule has 1 atom stereocenters. The number of esters is 1. The summed E-state index contributed by atoms with van der Waals surface area (Å²) >= 11 is 1.53. The Labute approximate surface area is 87.6 Å². The average Bonchev–Trinajstić information content (AvgIpc) is 2.43. The molecule has 1 heterocycles. The van der Waals surface area contributed by atoms with Crippen molar-refractivity contribution >= 4 is 23.5 Å². The highest BCUT2D eigenvalue weighted by Gasteiger charge is 2.51. The van der Waals surface area contributed by atoms with E-state index < -0.39 is 5.25 Å². The van der Waals surface area contributed by atoms with Gasteiger partial charge in [-0.25, -0.2) is 0 Å². The lowest BCUT2D eigenvalue weighted by molar-refractivity contribution is -0.144. The van der Waals surface area contributed by atoms with Crippen LogP contribution in [0.3, 0.4) is 0 Å². The molecule has 1 saturated heterocycles. The summed E-state index contributed by atoms with van der Waals surface area (Å²) in [6, 6.07) is 0. The molecule has 0 radical (unpaired) electrons. The Bertz CT molecular complexity index is 263. The molecule has 4 heteroatoms. The van der Waals surface area contributed by atoms with E-state index in [9.17, 15) is 9.59 Å². The minimum Gasteiger partial charge on any atom is -0.465 e. The lowest BCUT2D eigenvalue weighted by atomic mass is 9.81. The number of ether oxygens (including phenoxy) is 1. The fourth-order valence-electron chi connectivity index (χ4n) is 2.03. The maximum absolute atomic E-state index is 11.6. The summed E-state index contributed by atoms with van der Waals surface area (Å²) < 4.78 is 4.98. The summed E-state index contributed by atoms with van der Waals surface area (Å²) in [7, 11) is 0. The Morgan fingerprint density at radius 3 is 2.79 bits per heavy atom. The SMILES string of the molecule is CCOC(=O)[C@@H]1SC2(CCC2)CC1=O. The van der Waals surface area contributed by atoms with Crippen molar-refractivity contribution in [2.75, 3.05) is 6.61 Å². The average molecular weight is 214 g/mol. The highest BCUT2D eigenvalue weighted by Crippen LogP contribution is 2.53. The van der Waals surface area contributed by atoms with Crippen LogP contribution in [-0.2, 0) is 14.3 Å². The van der Waals surface area contributed by atoms with Gasteiger partial charge in [0.1, 0.15) is 0 Å². The second-order valence-electron chi connectivity index (χ2n) is 3.93. The number of hydrogen-bond acceptors (Lipinski definition) is 4. The van der Waals surface area contributed by atoms with E-state index in [4.69, 9.17) is 4.74 Å². The first-order valence-electron chi connectivity index (χ1n) is 5.04. The van der Waals surface area contributed by atoms with Gasteiger partial charge in [0.05, 0.1) is 6.61 Å². The second-order valence-corrected chi connectivity index (χ2v) is 5.50.